The summed E-state index contributed by atoms with van der Waals surface area (Å²) in [7, 11) is 0. The Morgan fingerprint density at radius 1 is 1.50 bits per heavy atom. The molecule has 0 bridgehead atoms. The normalized spacial score (nSPS) is 11.2. The first-order valence-electron chi connectivity index (χ1n) is 4.87. The van der Waals surface area contributed by atoms with Gasteiger partial charge in [-0.25, -0.2) is 4.98 Å². The Morgan fingerprint density at radius 3 is 2.88 bits per heavy atom. The molecule has 5 nitrogen and oxygen atoms in total. The number of thioether (sulfide) groups is 1. The van der Waals surface area contributed by atoms with Gasteiger partial charge < -0.3 is 4.98 Å². The lowest BCUT2D eigenvalue weighted by Gasteiger charge is -1.97. The summed E-state index contributed by atoms with van der Waals surface area (Å²) in [6, 6.07) is 4.63. The number of hydrogen-bond donors (Lipinski definition) is 1. The van der Waals surface area contributed by atoms with E-state index in [4.69, 9.17) is 0 Å². The molecule has 1 aromatic carbocycles. The van der Waals surface area contributed by atoms with Crippen molar-refractivity contribution >= 4 is 28.5 Å². The fourth-order valence-corrected chi connectivity index (χ4v) is 2.13. The van der Waals surface area contributed by atoms with E-state index >= 15 is 0 Å². The van der Waals surface area contributed by atoms with Gasteiger partial charge in [-0.3, -0.25) is 10.1 Å². The zero-order chi connectivity index (χ0) is 11.7. The molecule has 0 saturated carbocycles. The number of H-pyrrole nitrogens is 1. The Kier molecular flexibility index (Phi) is 2.82. The number of aromatic nitrogens is 2. The Morgan fingerprint density at radius 2 is 2.25 bits per heavy atom. The number of nitrogens with one attached hydrogen (secondary N) is 1. The predicted octanol–water partition coefficient (Wildman–Crippen LogP) is 2.97. The molecule has 84 valence electrons. The molecule has 6 heteroatoms. The first-order valence-corrected chi connectivity index (χ1v) is 5.75. The average molecular weight is 237 g/mol. The maximum Gasteiger partial charge on any atom is 0.271 e. The molecule has 0 aliphatic carbocycles. The number of nitro benzene ring substituents is 1. The van der Waals surface area contributed by atoms with Gasteiger partial charge in [0.25, 0.3) is 5.69 Å². The summed E-state index contributed by atoms with van der Waals surface area (Å²) in [6.07, 6.45) is 0. The molecule has 0 saturated heterocycles. The molecule has 2 rings (SSSR count). The van der Waals surface area contributed by atoms with E-state index < -0.39 is 4.92 Å². The smallest absolute Gasteiger partial charge is 0.271 e. The third kappa shape index (κ3) is 2.16. The first kappa shape index (κ1) is 10.9. The van der Waals surface area contributed by atoms with E-state index in [-0.39, 0.29) is 5.69 Å². The number of fused-ring (bicyclic) bond motifs is 1. The van der Waals surface area contributed by atoms with E-state index in [1.165, 1.54) is 12.1 Å². The van der Waals surface area contributed by atoms with Gasteiger partial charge in [0.1, 0.15) is 0 Å². The minimum Gasteiger partial charge on any atom is -0.333 e. The molecule has 0 atom stereocenters. The van der Waals surface area contributed by atoms with Crippen molar-refractivity contribution in [3.05, 3.63) is 28.3 Å². The molecule has 0 radical (unpaired) electrons. The quantitative estimate of drug-likeness (QED) is 0.506. The van der Waals surface area contributed by atoms with E-state index in [1.54, 1.807) is 17.8 Å². The molecular weight excluding hydrogens is 226 g/mol. The third-order valence-electron chi connectivity index (χ3n) is 2.00. The Balaban J connectivity index is 2.42. The largest absolute Gasteiger partial charge is 0.333 e. The first-order chi connectivity index (χ1) is 7.56. The van der Waals surface area contributed by atoms with Crippen LogP contribution < -0.4 is 0 Å². The number of imidazole rings is 1. The van der Waals surface area contributed by atoms with Crippen LogP contribution in [0.25, 0.3) is 11.0 Å². The van der Waals surface area contributed by atoms with Crippen molar-refractivity contribution in [3.63, 3.8) is 0 Å². The van der Waals surface area contributed by atoms with Gasteiger partial charge in [-0.05, 0) is 6.07 Å². The molecule has 2 aromatic rings. The lowest BCUT2D eigenvalue weighted by Crippen LogP contribution is -1.86. The van der Waals surface area contributed by atoms with Gasteiger partial charge >= 0.3 is 0 Å². The van der Waals surface area contributed by atoms with E-state index in [9.17, 15) is 10.1 Å². The van der Waals surface area contributed by atoms with Gasteiger partial charge in [0, 0.05) is 17.4 Å². The van der Waals surface area contributed by atoms with E-state index in [0.29, 0.717) is 10.8 Å². The Hall–Kier alpha value is -1.56. The number of aromatic amines is 1. The zero-order valence-corrected chi connectivity index (χ0v) is 9.75. The number of nitro groups is 1. The lowest BCUT2D eigenvalue weighted by atomic mass is 10.3. The summed E-state index contributed by atoms with van der Waals surface area (Å²) in [5.74, 6) is 0. The average Bonchev–Trinajstić information content (AvgIpc) is 2.56. The third-order valence-corrected chi connectivity index (χ3v) is 2.89. The molecule has 1 aromatic heterocycles. The van der Waals surface area contributed by atoms with Crippen molar-refractivity contribution in [1.82, 2.24) is 9.97 Å². The predicted molar refractivity (Wildman–Crippen MR) is 63.7 cm³/mol. The minimum absolute atomic E-state index is 0.0808. The van der Waals surface area contributed by atoms with E-state index in [2.05, 4.69) is 23.8 Å². The fourth-order valence-electron chi connectivity index (χ4n) is 1.37. The van der Waals surface area contributed by atoms with Gasteiger partial charge in [0.2, 0.25) is 0 Å². The van der Waals surface area contributed by atoms with Crippen LogP contribution in [-0.2, 0) is 0 Å². The molecule has 0 unspecified atom stereocenters. The van der Waals surface area contributed by atoms with Gasteiger partial charge in [0.05, 0.1) is 16.0 Å². The molecule has 0 aliphatic rings. The highest BCUT2D eigenvalue weighted by atomic mass is 32.2. The van der Waals surface area contributed by atoms with Crippen molar-refractivity contribution in [2.75, 3.05) is 0 Å². The second-order valence-electron chi connectivity index (χ2n) is 3.67. The molecule has 0 spiro atoms. The van der Waals surface area contributed by atoms with E-state index in [0.717, 1.165) is 10.7 Å². The maximum absolute atomic E-state index is 10.6. The minimum atomic E-state index is -0.407. The van der Waals surface area contributed by atoms with Crippen LogP contribution in [0.4, 0.5) is 5.69 Å². The zero-order valence-electron chi connectivity index (χ0n) is 8.93. The Bertz CT molecular complexity index is 536. The molecule has 0 fully saturated rings. The van der Waals surface area contributed by atoms with Crippen molar-refractivity contribution < 1.29 is 4.92 Å². The van der Waals surface area contributed by atoms with Crippen LogP contribution in [0.15, 0.2) is 23.4 Å². The van der Waals surface area contributed by atoms with Crippen molar-refractivity contribution in [1.29, 1.82) is 0 Å². The Labute approximate surface area is 96.4 Å². The standard InChI is InChI=1S/C10H11N3O2S/c1-6(2)16-10-11-8-4-3-7(13(14)15)5-9(8)12-10/h3-6H,1-2H3,(H,11,12). The summed E-state index contributed by atoms with van der Waals surface area (Å²) >= 11 is 1.60. The lowest BCUT2D eigenvalue weighted by molar-refractivity contribution is -0.384. The number of rotatable bonds is 3. The van der Waals surface area contributed by atoms with Crippen LogP contribution in [0, 0.1) is 10.1 Å². The number of nitrogens with zero attached hydrogens (tertiary/aromatic N) is 2. The van der Waals surface area contributed by atoms with E-state index in [1.807, 2.05) is 0 Å². The molecule has 0 amide bonds. The van der Waals surface area contributed by atoms with Crippen LogP contribution in [0.1, 0.15) is 13.8 Å². The second-order valence-corrected chi connectivity index (χ2v) is 5.23. The maximum atomic E-state index is 10.6. The summed E-state index contributed by atoms with van der Waals surface area (Å²) in [5, 5.41) is 11.8. The van der Waals surface area contributed by atoms with Crippen molar-refractivity contribution in [2.24, 2.45) is 0 Å². The van der Waals surface area contributed by atoms with Gasteiger partial charge in [-0.1, -0.05) is 25.6 Å². The highest BCUT2D eigenvalue weighted by molar-refractivity contribution is 7.99. The highest BCUT2D eigenvalue weighted by Gasteiger charge is 2.10. The van der Waals surface area contributed by atoms with Gasteiger partial charge in [-0.15, -0.1) is 0 Å². The fraction of sp³-hybridized carbons (Fsp3) is 0.300. The number of hydrogen-bond acceptors (Lipinski definition) is 4. The summed E-state index contributed by atoms with van der Waals surface area (Å²) in [4.78, 5) is 17.6. The van der Waals surface area contributed by atoms with Crippen molar-refractivity contribution in [2.45, 2.75) is 24.3 Å². The van der Waals surface area contributed by atoms with Crippen LogP contribution >= 0.6 is 11.8 Å². The summed E-state index contributed by atoms with van der Waals surface area (Å²) in [5.41, 5.74) is 1.54. The second kappa shape index (κ2) is 4.13. The molecular formula is C10H11N3O2S. The molecule has 16 heavy (non-hydrogen) atoms. The topological polar surface area (TPSA) is 71.8 Å². The number of non-ortho nitro benzene ring substituents is 1. The SMILES string of the molecule is CC(C)Sc1nc2ccc([N+](=O)[O-])cc2[nH]1. The summed E-state index contributed by atoms with van der Waals surface area (Å²) in [6.45, 7) is 4.14. The summed E-state index contributed by atoms with van der Waals surface area (Å²) < 4.78 is 0. The van der Waals surface area contributed by atoms with Crippen LogP contribution in [0.2, 0.25) is 0 Å². The molecule has 1 N–H and O–H groups in total. The van der Waals surface area contributed by atoms with Gasteiger partial charge in [0.15, 0.2) is 5.16 Å². The highest BCUT2D eigenvalue weighted by Crippen LogP contribution is 2.25. The van der Waals surface area contributed by atoms with Gasteiger partial charge in [-0.2, -0.15) is 0 Å². The van der Waals surface area contributed by atoms with Crippen LogP contribution in [0.3, 0.4) is 0 Å². The van der Waals surface area contributed by atoms with Crippen LogP contribution in [0.5, 0.6) is 0 Å². The molecule has 1 heterocycles. The monoisotopic (exact) mass is 237 g/mol. The van der Waals surface area contributed by atoms with Crippen molar-refractivity contribution in [3.8, 4) is 0 Å². The molecule has 0 aliphatic heterocycles. The van der Waals surface area contributed by atoms with Crippen LogP contribution in [-0.4, -0.2) is 20.1 Å². The number of benzene rings is 1.